The quantitative estimate of drug-likeness (QED) is 0.879. The number of hydrogen-bond acceptors (Lipinski definition) is 3. The van der Waals surface area contributed by atoms with Gasteiger partial charge in [-0.15, -0.1) is 0 Å². The zero-order valence-corrected chi connectivity index (χ0v) is 13.9. The van der Waals surface area contributed by atoms with Crippen molar-refractivity contribution < 1.29 is 9.18 Å². The molecule has 1 atom stereocenters. The van der Waals surface area contributed by atoms with E-state index in [1.54, 1.807) is 33.9 Å². The summed E-state index contributed by atoms with van der Waals surface area (Å²) in [5.41, 5.74) is 9.25. The molecule has 3 rings (SSSR count). The molecule has 6 heteroatoms. The van der Waals surface area contributed by atoms with Gasteiger partial charge < -0.3 is 10.6 Å². The van der Waals surface area contributed by atoms with Crippen LogP contribution in [0.4, 0.5) is 4.39 Å². The second-order valence-electron chi connectivity index (χ2n) is 6.14. The summed E-state index contributed by atoms with van der Waals surface area (Å²) in [7, 11) is 0. The van der Waals surface area contributed by atoms with Crippen molar-refractivity contribution in [3.05, 3.63) is 53.1 Å². The lowest BCUT2D eigenvalue weighted by Gasteiger charge is -2.12. The minimum atomic E-state index is -0.283. The topological polar surface area (TPSA) is 64.2 Å². The van der Waals surface area contributed by atoms with Gasteiger partial charge in [-0.05, 0) is 50.6 Å². The van der Waals surface area contributed by atoms with E-state index in [1.165, 1.54) is 12.1 Å². The molecule has 0 unspecified atom stereocenters. The van der Waals surface area contributed by atoms with Gasteiger partial charge >= 0.3 is 0 Å². The monoisotopic (exact) mass is 328 g/mol. The van der Waals surface area contributed by atoms with Gasteiger partial charge in [0.1, 0.15) is 5.82 Å². The number of hydrogen-bond donors (Lipinski definition) is 1. The normalized spacial score (nSPS) is 17.8. The van der Waals surface area contributed by atoms with Crippen LogP contribution in [-0.2, 0) is 4.79 Å². The summed E-state index contributed by atoms with van der Waals surface area (Å²) in [4.78, 5) is 14.0. The van der Waals surface area contributed by atoms with Gasteiger partial charge in [-0.3, -0.25) is 4.79 Å². The number of benzene rings is 1. The van der Waals surface area contributed by atoms with E-state index < -0.39 is 0 Å². The maximum absolute atomic E-state index is 13.1. The Kier molecular flexibility index (Phi) is 4.49. The zero-order chi connectivity index (χ0) is 17.3. The molecule has 1 fully saturated rings. The molecule has 1 aromatic heterocycles. The molecule has 0 saturated carbocycles. The third-order valence-electron chi connectivity index (χ3n) is 4.35. The van der Waals surface area contributed by atoms with E-state index in [4.69, 9.17) is 5.73 Å². The summed E-state index contributed by atoms with van der Waals surface area (Å²) >= 11 is 0. The van der Waals surface area contributed by atoms with E-state index in [0.29, 0.717) is 13.1 Å². The minimum absolute atomic E-state index is 0.0312. The lowest BCUT2D eigenvalue weighted by Crippen LogP contribution is -2.30. The van der Waals surface area contributed by atoms with Crippen LogP contribution < -0.4 is 5.73 Å². The third kappa shape index (κ3) is 3.23. The molecule has 1 aromatic carbocycles. The third-order valence-corrected chi connectivity index (χ3v) is 4.35. The van der Waals surface area contributed by atoms with Crippen LogP contribution in [0.25, 0.3) is 11.8 Å². The van der Waals surface area contributed by atoms with Gasteiger partial charge in [-0.2, -0.15) is 5.10 Å². The van der Waals surface area contributed by atoms with Crippen LogP contribution in [0.3, 0.4) is 0 Å². The summed E-state index contributed by atoms with van der Waals surface area (Å²) in [5.74, 6) is -0.314. The van der Waals surface area contributed by atoms with Crippen LogP contribution in [0.2, 0.25) is 0 Å². The molecule has 2 heterocycles. The Morgan fingerprint density at radius 1 is 1.33 bits per heavy atom. The summed E-state index contributed by atoms with van der Waals surface area (Å²) < 4.78 is 14.8. The van der Waals surface area contributed by atoms with Crippen molar-refractivity contribution in [2.24, 2.45) is 5.73 Å². The standard InChI is InChI=1S/C18H21FN4O/c1-12-17(7-8-18(24)22-10-9-15(20)11-22)13(2)23(21-12)16-5-3-14(19)4-6-16/h3-8,15H,9-11,20H2,1-2H3/t15-/m0/s1. The van der Waals surface area contributed by atoms with Gasteiger partial charge in [0.25, 0.3) is 0 Å². The summed E-state index contributed by atoms with van der Waals surface area (Å²) in [6, 6.07) is 6.24. The molecule has 0 bridgehead atoms. The van der Waals surface area contributed by atoms with Crippen molar-refractivity contribution in [3.63, 3.8) is 0 Å². The smallest absolute Gasteiger partial charge is 0.246 e. The van der Waals surface area contributed by atoms with Gasteiger partial charge in [-0.1, -0.05) is 0 Å². The van der Waals surface area contributed by atoms with Crippen molar-refractivity contribution in [3.8, 4) is 5.69 Å². The predicted molar refractivity (Wildman–Crippen MR) is 91.2 cm³/mol. The number of carbonyl (C=O) groups excluding carboxylic acids is 1. The molecule has 126 valence electrons. The van der Waals surface area contributed by atoms with E-state index in [9.17, 15) is 9.18 Å². The average Bonchev–Trinajstić information content (AvgIpc) is 3.10. The lowest BCUT2D eigenvalue weighted by atomic mass is 10.2. The second-order valence-corrected chi connectivity index (χ2v) is 6.14. The van der Waals surface area contributed by atoms with Crippen LogP contribution in [0.15, 0.2) is 30.3 Å². The Hall–Kier alpha value is -2.47. The predicted octanol–water partition coefficient (Wildman–Crippen LogP) is 2.20. The van der Waals surface area contributed by atoms with Crippen molar-refractivity contribution in [2.45, 2.75) is 26.3 Å². The summed E-state index contributed by atoms with van der Waals surface area (Å²) in [5, 5.41) is 4.50. The Labute approximate surface area is 140 Å². The number of aryl methyl sites for hydroxylation is 1. The zero-order valence-electron chi connectivity index (χ0n) is 13.9. The fourth-order valence-corrected chi connectivity index (χ4v) is 2.98. The number of aromatic nitrogens is 2. The Bertz CT molecular complexity index is 779. The number of halogens is 1. The first-order chi connectivity index (χ1) is 11.5. The molecule has 0 aliphatic carbocycles. The number of likely N-dealkylation sites (tertiary alicyclic amines) is 1. The minimum Gasteiger partial charge on any atom is -0.338 e. The molecular formula is C18H21FN4O. The second kappa shape index (κ2) is 6.57. The summed E-state index contributed by atoms with van der Waals surface area (Å²) in [6.45, 7) is 5.13. The molecule has 1 saturated heterocycles. The van der Waals surface area contributed by atoms with Crippen molar-refractivity contribution in [1.82, 2.24) is 14.7 Å². The molecule has 24 heavy (non-hydrogen) atoms. The van der Waals surface area contributed by atoms with E-state index in [2.05, 4.69) is 5.10 Å². The van der Waals surface area contributed by atoms with Gasteiger partial charge in [0.05, 0.1) is 11.4 Å². The Morgan fingerprint density at radius 3 is 2.67 bits per heavy atom. The van der Waals surface area contributed by atoms with Crippen LogP contribution in [0.5, 0.6) is 0 Å². The van der Waals surface area contributed by atoms with E-state index in [1.807, 2.05) is 13.8 Å². The number of rotatable bonds is 3. The first-order valence-electron chi connectivity index (χ1n) is 8.00. The highest BCUT2D eigenvalue weighted by molar-refractivity contribution is 5.92. The largest absolute Gasteiger partial charge is 0.338 e. The van der Waals surface area contributed by atoms with Gasteiger partial charge in [0, 0.05) is 36.5 Å². The first-order valence-corrected chi connectivity index (χ1v) is 8.00. The first kappa shape index (κ1) is 16.4. The molecule has 1 aliphatic rings. The molecule has 1 amide bonds. The average molecular weight is 328 g/mol. The van der Waals surface area contributed by atoms with E-state index in [-0.39, 0.29) is 17.8 Å². The highest BCUT2D eigenvalue weighted by atomic mass is 19.1. The molecule has 0 spiro atoms. The van der Waals surface area contributed by atoms with Gasteiger partial charge in [0.2, 0.25) is 5.91 Å². The van der Waals surface area contributed by atoms with Crippen molar-refractivity contribution >= 4 is 12.0 Å². The highest BCUT2D eigenvalue weighted by Gasteiger charge is 2.22. The van der Waals surface area contributed by atoms with E-state index >= 15 is 0 Å². The van der Waals surface area contributed by atoms with Gasteiger partial charge in [-0.25, -0.2) is 9.07 Å². The number of nitrogens with zero attached hydrogens (tertiary/aromatic N) is 3. The van der Waals surface area contributed by atoms with Crippen molar-refractivity contribution in [2.75, 3.05) is 13.1 Å². The molecular weight excluding hydrogens is 307 g/mol. The van der Waals surface area contributed by atoms with Gasteiger partial charge in [0.15, 0.2) is 0 Å². The lowest BCUT2D eigenvalue weighted by molar-refractivity contribution is -0.124. The fraction of sp³-hybridized carbons (Fsp3) is 0.333. The molecule has 5 nitrogen and oxygen atoms in total. The molecule has 2 N–H and O–H groups in total. The van der Waals surface area contributed by atoms with Crippen molar-refractivity contribution in [1.29, 1.82) is 0 Å². The van der Waals surface area contributed by atoms with Crippen LogP contribution >= 0.6 is 0 Å². The SMILES string of the molecule is Cc1nn(-c2ccc(F)cc2)c(C)c1C=CC(=O)N1CC[C@H](N)C1. The summed E-state index contributed by atoms with van der Waals surface area (Å²) in [6.07, 6.45) is 4.22. The molecule has 0 radical (unpaired) electrons. The van der Waals surface area contributed by atoms with Crippen LogP contribution in [0.1, 0.15) is 23.4 Å². The molecule has 1 aliphatic heterocycles. The fourth-order valence-electron chi connectivity index (χ4n) is 2.98. The maximum atomic E-state index is 13.1. The number of carbonyl (C=O) groups is 1. The van der Waals surface area contributed by atoms with Crippen LogP contribution in [-0.4, -0.2) is 39.7 Å². The Morgan fingerprint density at radius 2 is 2.04 bits per heavy atom. The van der Waals surface area contributed by atoms with E-state index in [0.717, 1.165) is 29.1 Å². The Balaban J connectivity index is 1.83. The maximum Gasteiger partial charge on any atom is 0.246 e. The number of amides is 1. The number of nitrogens with two attached hydrogens (primary N) is 1. The molecule has 2 aromatic rings. The van der Waals surface area contributed by atoms with Crippen LogP contribution in [0, 0.1) is 19.7 Å². The highest BCUT2D eigenvalue weighted by Crippen LogP contribution is 2.20.